The largest absolute Gasteiger partial charge is 0.504 e. The summed E-state index contributed by atoms with van der Waals surface area (Å²) in [6.07, 6.45) is 1.80. The van der Waals surface area contributed by atoms with Gasteiger partial charge in [0.1, 0.15) is 13.2 Å². The SMILES string of the molecule is COc1cc2c(cc1OCc1ccccc1)[C@H]1Cc3cc(O)c(OCc4ccccc4)cc3CN1CC2. The predicted octanol–water partition coefficient (Wildman–Crippen LogP) is 6.21. The fourth-order valence-corrected chi connectivity index (χ4v) is 5.47. The molecule has 5 heteroatoms. The maximum atomic E-state index is 10.8. The van der Waals surface area contributed by atoms with Gasteiger partial charge in [-0.3, -0.25) is 4.90 Å². The lowest BCUT2D eigenvalue weighted by Crippen LogP contribution is -2.39. The van der Waals surface area contributed by atoms with Crippen LogP contribution < -0.4 is 14.2 Å². The first-order valence-electron chi connectivity index (χ1n) is 12.8. The molecule has 2 aliphatic heterocycles. The molecule has 0 saturated carbocycles. The molecular formula is C32H31NO4. The molecule has 0 fully saturated rings. The summed E-state index contributed by atoms with van der Waals surface area (Å²) < 4.78 is 17.9. The summed E-state index contributed by atoms with van der Waals surface area (Å²) in [7, 11) is 1.70. The fraction of sp³-hybridized carbons (Fsp3) is 0.250. The predicted molar refractivity (Wildman–Crippen MR) is 143 cm³/mol. The molecule has 0 amide bonds. The van der Waals surface area contributed by atoms with E-state index in [1.165, 1.54) is 22.3 Å². The molecule has 1 atom stereocenters. The van der Waals surface area contributed by atoms with E-state index in [9.17, 15) is 5.11 Å². The van der Waals surface area contributed by atoms with Crippen LogP contribution in [0.3, 0.4) is 0 Å². The molecule has 0 bridgehead atoms. The van der Waals surface area contributed by atoms with Crippen LogP contribution in [0.2, 0.25) is 0 Å². The standard InChI is InChI=1S/C32H31NO4/c1-35-31-16-24-12-13-33-19-26-17-30(36-20-22-8-4-2-5-9-22)29(34)15-25(26)14-28(33)27(24)18-32(31)37-21-23-10-6-3-7-11-23/h2-11,15-18,28,34H,12-14,19-21H2,1H3/t28-/m1/s1. The van der Waals surface area contributed by atoms with E-state index >= 15 is 0 Å². The molecule has 0 aromatic heterocycles. The van der Waals surface area contributed by atoms with Gasteiger partial charge >= 0.3 is 0 Å². The summed E-state index contributed by atoms with van der Waals surface area (Å²) in [5.41, 5.74) is 7.17. The van der Waals surface area contributed by atoms with E-state index in [1.54, 1.807) is 7.11 Å². The molecule has 4 aromatic carbocycles. The molecule has 5 nitrogen and oxygen atoms in total. The summed E-state index contributed by atoms with van der Waals surface area (Å²) >= 11 is 0. The zero-order valence-electron chi connectivity index (χ0n) is 21.0. The number of ether oxygens (including phenoxy) is 3. The summed E-state index contributed by atoms with van der Waals surface area (Å²) in [6, 6.07) is 28.6. The van der Waals surface area contributed by atoms with Crippen LogP contribution in [0.1, 0.15) is 39.4 Å². The number of aromatic hydroxyl groups is 1. The summed E-state index contributed by atoms with van der Waals surface area (Å²) in [4.78, 5) is 2.52. The van der Waals surface area contributed by atoms with Gasteiger partial charge in [0.15, 0.2) is 23.0 Å². The van der Waals surface area contributed by atoms with E-state index in [4.69, 9.17) is 14.2 Å². The monoisotopic (exact) mass is 493 g/mol. The Hall–Kier alpha value is -3.96. The highest BCUT2D eigenvalue weighted by Crippen LogP contribution is 2.44. The van der Waals surface area contributed by atoms with E-state index < -0.39 is 0 Å². The molecule has 0 spiro atoms. The number of rotatable bonds is 7. The van der Waals surface area contributed by atoms with Gasteiger partial charge in [-0.1, -0.05) is 60.7 Å². The first-order valence-corrected chi connectivity index (χ1v) is 12.8. The van der Waals surface area contributed by atoms with E-state index in [1.807, 2.05) is 60.7 Å². The molecule has 2 heterocycles. The van der Waals surface area contributed by atoms with Crippen molar-refractivity contribution in [1.29, 1.82) is 0 Å². The Bertz CT molecular complexity index is 1390. The molecule has 1 N–H and O–H groups in total. The minimum atomic E-state index is 0.195. The first kappa shape index (κ1) is 23.4. The Morgan fingerprint density at radius 1 is 0.757 bits per heavy atom. The van der Waals surface area contributed by atoms with Crippen LogP contribution in [0.15, 0.2) is 84.9 Å². The van der Waals surface area contributed by atoms with Gasteiger partial charge in [0, 0.05) is 19.1 Å². The van der Waals surface area contributed by atoms with Crippen molar-refractivity contribution in [2.75, 3.05) is 13.7 Å². The van der Waals surface area contributed by atoms with Gasteiger partial charge in [-0.25, -0.2) is 0 Å². The van der Waals surface area contributed by atoms with Crippen LogP contribution in [-0.4, -0.2) is 23.7 Å². The Kier molecular flexibility index (Phi) is 6.46. The first-order chi connectivity index (χ1) is 18.2. The zero-order valence-corrected chi connectivity index (χ0v) is 21.0. The Labute approximate surface area is 217 Å². The fourth-order valence-electron chi connectivity index (χ4n) is 5.47. The number of phenolic OH excluding ortho intramolecular Hbond substituents is 1. The molecular weight excluding hydrogens is 462 g/mol. The summed E-state index contributed by atoms with van der Waals surface area (Å²) in [6.45, 7) is 2.73. The molecule has 0 radical (unpaired) electrons. The average molecular weight is 494 g/mol. The average Bonchev–Trinajstić information content (AvgIpc) is 2.94. The third kappa shape index (κ3) is 4.87. The molecule has 188 valence electrons. The Balaban J connectivity index is 1.24. The van der Waals surface area contributed by atoms with Crippen molar-refractivity contribution in [3.05, 3.63) is 118 Å². The second-order valence-electron chi connectivity index (χ2n) is 9.78. The van der Waals surface area contributed by atoms with Crippen molar-refractivity contribution in [2.24, 2.45) is 0 Å². The highest BCUT2D eigenvalue weighted by molar-refractivity contribution is 5.52. The molecule has 0 saturated heterocycles. The van der Waals surface area contributed by atoms with Crippen LogP contribution in [0.5, 0.6) is 23.0 Å². The number of phenols is 1. The third-order valence-corrected chi connectivity index (χ3v) is 7.44. The van der Waals surface area contributed by atoms with Gasteiger partial charge < -0.3 is 19.3 Å². The Morgan fingerprint density at radius 3 is 2.08 bits per heavy atom. The minimum absolute atomic E-state index is 0.195. The molecule has 4 aromatic rings. The van der Waals surface area contributed by atoms with E-state index in [-0.39, 0.29) is 11.8 Å². The Morgan fingerprint density at radius 2 is 1.41 bits per heavy atom. The normalized spacial score (nSPS) is 16.3. The van der Waals surface area contributed by atoms with Crippen LogP contribution in [-0.2, 0) is 32.6 Å². The van der Waals surface area contributed by atoms with Crippen molar-refractivity contribution < 1.29 is 19.3 Å². The topological polar surface area (TPSA) is 51.2 Å². The van der Waals surface area contributed by atoms with Gasteiger partial charge in [0.05, 0.1) is 7.11 Å². The molecule has 2 aliphatic rings. The molecule has 6 rings (SSSR count). The van der Waals surface area contributed by atoms with Crippen molar-refractivity contribution in [2.45, 2.75) is 38.6 Å². The quantitative estimate of drug-likeness (QED) is 0.332. The van der Waals surface area contributed by atoms with Gasteiger partial charge in [-0.15, -0.1) is 0 Å². The van der Waals surface area contributed by atoms with Crippen molar-refractivity contribution in [3.63, 3.8) is 0 Å². The van der Waals surface area contributed by atoms with Crippen molar-refractivity contribution in [3.8, 4) is 23.0 Å². The van der Waals surface area contributed by atoms with Crippen LogP contribution >= 0.6 is 0 Å². The van der Waals surface area contributed by atoms with E-state index in [2.05, 4.69) is 29.2 Å². The highest BCUT2D eigenvalue weighted by Gasteiger charge is 2.34. The highest BCUT2D eigenvalue weighted by atomic mass is 16.5. The van der Waals surface area contributed by atoms with Gasteiger partial charge in [0.2, 0.25) is 0 Å². The van der Waals surface area contributed by atoms with Gasteiger partial charge in [-0.2, -0.15) is 0 Å². The van der Waals surface area contributed by atoms with Gasteiger partial charge in [0.25, 0.3) is 0 Å². The lowest BCUT2D eigenvalue weighted by atomic mass is 9.83. The number of nitrogens with zero attached hydrogens (tertiary/aromatic N) is 1. The second kappa shape index (κ2) is 10.2. The van der Waals surface area contributed by atoms with Crippen LogP contribution in [0.25, 0.3) is 0 Å². The number of methoxy groups -OCH3 is 1. The number of fused-ring (bicyclic) bond motifs is 4. The smallest absolute Gasteiger partial charge is 0.162 e. The summed E-state index contributed by atoms with van der Waals surface area (Å²) in [5, 5.41) is 10.8. The molecule has 37 heavy (non-hydrogen) atoms. The van der Waals surface area contributed by atoms with Crippen LogP contribution in [0, 0.1) is 0 Å². The lowest BCUT2D eigenvalue weighted by Gasteiger charge is -2.41. The lowest BCUT2D eigenvalue weighted by molar-refractivity contribution is 0.159. The summed E-state index contributed by atoms with van der Waals surface area (Å²) in [5.74, 6) is 2.28. The minimum Gasteiger partial charge on any atom is -0.504 e. The maximum absolute atomic E-state index is 10.8. The van der Waals surface area contributed by atoms with E-state index in [0.717, 1.165) is 48.6 Å². The van der Waals surface area contributed by atoms with Gasteiger partial charge in [-0.05, 0) is 70.5 Å². The molecule has 0 unspecified atom stereocenters. The number of benzene rings is 4. The molecule has 0 aliphatic carbocycles. The third-order valence-electron chi connectivity index (χ3n) is 7.44. The van der Waals surface area contributed by atoms with Crippen molar-refractivity contribution >= 4 is 0 Å². The second-order valence-corrected chi connectivity index (χ2v) is 9.78. The van der Waals surface area contributed by atoms with Crippen LogP contribution in [0.4, 0.5) is 0 Å². The maximum Gasteiger partial charge on any atom is 0.162 e. The number of hydrogen-bond acceptors (Lipinski definition) is 5. The zero-order chi connectivity index (χ0) is 25.2. The number of hydrogen-bond donors (Lipinski definition) is 1. The van der Waals surface area contributed by atoms with E-state index in [0.29, 0.717) is 19.0 Å². The van der Waals surface area contributed by atoms with Crippen molar-refractivity contribution in [1.82, 2.24) is 4.90 Å².